The molecule has 0 radical (unpaired) electrons. The highest BCUT2D eigenvalue weighted by atomic mass is 32.1. The fourth-order valence-corrected chi connectivity index (χ4v) is 9.58. The molecule has 0 amide bonds. The first kappa shape index (κ1) is 27.1. The van der Waals surface area contributed by atoms with Crippen LogP contribution in [0.15, 0.2) is 133 Å². The highest BCUT2D eigenvalue weighted by molar-refractivity contribution is 7.19. The molecule has 0 fully saturated rings. The minimum Gasteiger partial charge on any atom is -0.277 e. The Balaban J connectivity index is 1.30. The van der Waals surface area contributed by atoms with E-state index in [1.54, 1.807) is 0 Å². The van der Waals surface area contributed by atoms with Crippen LogP contribution in [0.2, 0.25) is 0 Å². The van der Waals surface area contributed by atoms with Crippen LogP contribution in [-0.2, 0) is 0 Å². The van der Waals surface area contributed by atoms with Gasteiger partial charge in [-0.05, 0) is 69.1 Å². The number of thiophene rings is 1. The van der Waals surface area contributed by atoms with Crippen molar-refractivity contribution in [1.82, 2.24) is 14.5 Å². The predicted molar refractivity (Wildman–Crippen MR) is 209 cm³/mol. The van der Waals surface area contributed by atoms with Crippen molar-refractivity contribution in [3.05, 3.63) is 144 Å². The van der Waals surface area contributed by atoms with Gasteiger partial charge in [-0.15, -0.1) is 11.3 Å². The van der Waals surface area contributed by atoms with Crippen molar-refractivity contribution in [1.29, 1.82) is 0 Å². The summed E-state index contributed by atoms with van der Waals surface area (Å²) in [4.78, 5) is 12.4. The summed E-state index contributed by atoms with van der Waals surface area (Å²) in [6.07, 6.45) is 5.74. The molecule has 3 heterocycles. The molecule has 0 saturated heterocycles. The van der Waals surface area contributed by atoms with E-state index in [0.29, 0.717) is 11.9 Å². The Kier molecular flexibility index (Phi) is 5.59. The van der Waals surface area contributed by atoms with E-state index in [1.807, 2.05) is 11.3 Å². The number of aromatic nitrogens is 3. The van der Waals surface area contributed by atoms with Crippen molar-refractivity contribution in [3.8, 4) is 17.2 Å². The van der Waals surface area contributed by atoms with Crippen molar-refractivity contribution in [2.24, 2.45) is 0 Å². The van der Waals surface area contributed by atoms with E-state index >= 15 is 0 Å². The van der Waals surface area contributed by atoms with Gasteiger partial charge in [0.2, 0.25) is 5.95 Å². The molecular formula is C45H29N3S. The lowest BCUT2D eigenvalue weighted by molar-refractivity contribution is 0.791. The van der Waals surface area contributed by atoms with Crippen molar-refractivity contribution >= 4 is 92.5 Å². The lowest BCUT2D eigenvalue weighted by atomic mass is 9.94. The molecule has 0 spiro atoms. The molecule has 4 heteroatoms. The summed E-state index contributed by atoms with van der Waals surface area (Å²) >= 11 is 1.93. The second kappa shape index (κ2) is 10.1. The molecule has 1 atom stereocenters. The number of hydrogen-bond donors (Lipinski definition) is 0. The van der Waals surface area contributed by atoms with E-state index in [2.05, 4.69) is 151 Å². The number of benzene rings is 7. The van der Waals surface area contributed by atoms with Crippen LogP contribution in [0.25, 0.3) is 98.4 Å². The monoisotopic (exact) mass is 643 g/mol. The average Bonchev–Trinajstić information content (AvgIpc) is 3.72. The Morgan fingerprint density at radius 1 is 0.633 bits per heavy atom. The first-order valence-electron chi connectivity index (χ1n) is 17.0. The minimum absolute atomic E-state index is 0.546. The molecule has 1 aliphatic carbocycles. The van der Waals surface area contributed by atoms with Gasteiger partial charge in [-0.1, -0.05) is 122 Å². The van der Waals surface area contributed by atoms with E-state index in [9.17, 15) is 0 Å². The third kappa shape index (κ3) is 3.78. The maximum Gasteiger partial charge on any atom is 0.235 e. The zero-order valence-electron chi connectivity index (χ0n) is 26.8. The molecule has 3 nitrogen and oxygen atoms in total. The van der Waals surface area contributed by atoms with Gasteiger partial charge in [0.25, 0.3) is 0 Å². The molecule has 0 saturated carbocycles. The minimum atomic E-state index is 0.546. The van der Waals surface area contributed by atoms with Gasteiger partial charge in [0.1, 0.15) is 0 Å². The summed E-state index contributed by atoms with van der Waals surface area (Å²) in [5.74, 6) is 1.23. The Hall–Kier alpha value is -5.84. The maximum atomic E-state index is 5.54. The standard InChI is InChI=1S/C45H29N3S/c1-26-11-10-19-34-36-25-28(22-24-39(36)49-44(26)34)42-35-18-8-9-20-37(35)46-45(47-42)48-38-23-21-27-12-2-3-13-29(27)40(38)41-32-16-6-4-14-30(32)31-15-5-7-17-33(31)43(41)48/h2-10,12-26H,11H2,1H3. The Morgan fingerprint density at radius 3 is 2.20 bits per heavy atom. The molecular weight excluding hydrogens is 615 g/mol. The Labute approximate surface area is 286 Å². The normalized spacial score (nSPS) is 14.7. The van der Waals surface area contributed by atoms with Gasteiger partial charge < -0.3 is 0 Å². The fraction of sp³-hybridized carbons (Fsp3) is 0.0667. The van der Waals surface area contributed by atoms with Gasteiger partial charge in [0, 0.05) is 42.1 Å². The lowest BCUT2D eigenvalue weighted by Gasteiger charge is -2.14. The SMILES string of the molecule is CC1CC=Cc2c1sc1ccc(-c3nc(-n4c5ccc6ccccc6c5c5c6ccccc6c6ccccc6c54)nc4ccccc34)cc21. The smallest absolute Gasteiger partial charge is 0.235 e. The lowest BCUT2D eigenvalue weighted by Crippen LogP contribution is -2.04. The van der Waals surface area contributed by atoms with Crippen LogP contribution in [0.3, 0.4) is 0 Å². The topological polar surface area (TPSA) is 30.7 Å². The fourth-order valence-electron chi connectivity index (χ4n) is 8.35. The molecule has 1 unspecified atom stereocenters. The molecule has 0 bridgehead atoms. The van der Waals surface area contributed by atoms with Crippen LogP contribution < -0.4 is 0 Å². The van der Waals surface area contributed by atoms with Gasteiger partial charge in [-0.25, -0.2) is 9.97 Å². The van der Waals surface area contributed by atoms with Crippen molar-refractivity contribution in [2.45, 2.75) is 19.3 Å². The second-order valence-corrected chi connectivity index (χ2v) is 14.4. The highest BCUT2D eigenvalue weighted by Crippen LogP contribution is 2.46. The molecule has 0 N–H and O–H groups in total. The van der Waals surface area contributed by atoms with Crippen molar-refractivity contribution in [2.75, 3.05) is 0 Å². The highest BCUT2D eigenvalue weighted by Gasteiger charge is 2.24. The quantitative estimate of drug-likeness (QED) is 0.176. The van der Waals surface area contributed by atoms with Crippen LogP contribution >= 0.6 is 11.3 Å². The molecule has 10 aromatic rings. The number of hydrogen-bond acceptors (Lipinski definition) is 3. The number of nitrogens with zero attached hydrogens (tertiary/aromatic N) is 3. The second-order valence-electron chi connectivity index (χ2n) is 13.4. The summed E-state index contributed by atoms with van der Waals surface area (Å²) in [6.45, 7) is 2.34. The predicted octanol–water partition coefficient (Wildman–Crippen LogP) is 12.6. The Bertz CT molecular complexity index is 3050. The molecule has 7 aromatic carbocycles. The van der Waals surface area contributed by atoms with Gasteiger partial charge in [0.05, 0.1) is 22.2 Å². The molecule has 0 aliphatic heterocycles. The van der Waals surface area contributed by atoms with Crippen LogP contribution in [0.4, 0.5) is 0 Å². The van der Waals surface area contributed by atoms with E-state index in [1.165, 1.54) is 63.6 Å². The number of fused-ring (bicyclic) bond motifs is 14. The van der Waals surface area contributed by atoms with Crippen LogP contribution in [-0.4, -0.2) is 14.5 Å². The van der Waals surface area contributed by atoms with Gasteiger partial charge in [-0.2, -0.15) is 0 Å². The number of para-hydroxylation sites is 1. The molecule has 11 rings (SSSR count). The van der Waals surface area contributed by atoms with E-state index < -0.39 is 0 Å². The van der Waals surface area contributed by atoms with Crippen LogP contribution in [0.1, 0.15) is 29.7 Å². The first-order valence-corrected chi connectivity index (χ1v) is 17.8. The summed E-state index contributed by atoms with van der Waals surface area (Å²) in [5, 5.41) is 12.2. The molecule has 1 aliphatic rings. The van der Waals surface area contributed by atoms with Gasteiger partial charge >= 0.3 is 0 Å². The molecule has 3 aromatic heterocycles. The summed E-state index contributed by atoms with van der Waals surface area (Å²) in [7, 11) is 0. The average molecular weight is 644 g/mol. The van der Waals surface area contributed by atoms with Crippen molar-refractivity contribution < 1.29 is 0 Å². The van der Waals surface area contributed by atoms with E-state index in [-0.39, 0.29) is 0 Å². The molecule has 230 valence electrons. The number of allylic oxidation sites excluding steroid dienone is 1. The first-order chi connectivity index (χ1) is 24.2. The largest absolute Gasteiger partial charge is 0.277 e. The summed E-state index contributed by atoms with van der Waals surface area (Å²) < 4.78 is 3.66. The van der Waals surface area contributed by atoms with Gasteiger partial charge in [0.15, 0.2) is 0 Å². The third-order valence-corrected chi connectivity index (χ3v) is 12.0. The van der Waals surface area contributed by atoms with Crippen molar-refractivity contribution in [3.63, 3.8) is 0 Å². The zero-order chi connectivity index (χ0) is 32.2. The zero-order valence-corrected chi connectivity index (χ0v) is 27.6. The summed E-state index contributed by atoms with van der Waals surface area (Å²) in [5.41, 5.74) is 6.62. The van der Waals surface area contributed by atoms with Crippen LogP contribution in [0, 0.1) is 0 Å². The third-order valence-electron chi connectivity index (χ3n) is 10.6. The maximum absolute atomic E-state index is 5.54. The van der Waals surface area contributed by atoms with Gasteiger partial charge in [-0.3, -0.25) is 4.57 Å². The molecule has 49 heavy (non-hydrogen) atoms. The number of rotatable bonds is 2. The van der Waals surface area contributed by atoms with E-state index in [4.69, 9.17) is 9.97 Å². The van der Waals surface area contributed by atoms with E-state index in [0.717, 1.165) is 39.6 Å². The van der Waals surface area contributed by atoms with Crippen LogP contribution in [0.5, 0.6) is 0 Å². The Morgan fingerprint density at radius 2 is 1.35 bits per heavy atom. The summed E-state index contributed by atoms with van der Waals surface area (Å²) in [6, 6.07) is 46.2.